The molecule has 18 heavy (non-hydrogen) atoms. The van der Waals surface area contributed by atoms with Crippen LogP contribution >= 0.6 is 0 Å². The molecule has 0 aromatic heterocycles. The Balaban J connectivity index is 2.03. The number of rotatable bonds is 2. The van der Waals surface area contributed by atoms with Crippen LogP contribution in [0.4, 0.5) is 20.6 Å². The minimum atomic E-state index is -0.681. The lowest BCUT2D eigenvalue weighted by Gasteiger charge is -2.08. The Morgan fingerprint density at radius 1 is 1.17 bits per heavy atom. The van der Waals surface area contributed by atoms with Gasteiger partial charge in [-0.25, -0.2) is 9.18 Å². The van der Waals surface area contributed by atoms with Crippen LogP contribution < -0.4 is 15.8 Å². The highest BCUT2D eigenvalue weighted by Crippen LogP contribution is 2.19. The van der Waals surface area contributed by atoms with Gasteiger partial charge in [0, 0.05) is 0 Å². The first-order valence-electron chi connectivity index (χ1n) is 5.24. The van der Waals surface area contributed by atoms with E-state index in [0.717, 1.165) is 6.07 Å². The first-order chi connectivity index (χ1) is 8.65. The van der Waals surface area contributed by atoms with E-state index in [-0.39, 0.29) is 5.69 Å². The summed E-state index contributed by atoms with van der Waals surface area (Å²) in [7, 11) is 0. The van der Waals surface area contributed by atoms with Crippen LogP contribution in [0.25, 0.3) is 0 Å². The molecule has 0 aliphatic carbocycles. The summed E-state index contributed by atoms with van der Waals surface area (Å²) in [5.41, 5.74) is 5.99. The van der Waals surface area contributed by atoms with Crippen LogP contribution in [0.3, 0.4) is 0 Å². The van der Waals surface area contributed by atoms with Crippen LogP contribution in [0.1, 0.15) is 0 Å². The molecule has 0 saturated heterocycles. The van der Waals surface area contributed by atoms with Crippen LogP contribution in [-0.4, -0.2) is 6.09 Å². The Hall–Kier alpha value is -2.56. The largest absolute Gasteiger partial charge is 0.417 e. The number of hydrogen-bond donors (Lipinski definition) is 2. The van der Waals surface area contributed by atoms with E-state index in [4.69, 9.17) is 10.5 Å². The van der Waals surface area contributed by atoms with Gasteiger partial charge in [0.1, 0.15) is 11.6 Å². The lowest BCUT2D eigenvalue weighted by atomic mass is 10.2. The Morgan fingerprint density at radius 2 is 1.89 bits per heavy atom. The first kappa shape index (κ1) is 11.9. The molecule has 0 heterocycles. The van der Waals surface area contributed by atoms with Crippen molar-refractivity contribution in [2.24, 2.45) is 0 Å². The highest BCUT2D eigenvalue weighted by atomic mass is 19.1. The predicted octanol–water partition coefficient (Wildman–Crippen LogP) is 3.02. The molecule has 5 heteroatoms. The molecule has 2 aromatic carbocycles. The second-order valence-corrected chi connectivity index (χ2v) is 3.56. The monoisotopic (exact) mass is 246 g/mol. The molecule has 0 unspecified atom stereocenters. The summed E-state index contributed by atoms with van der Waals surface area (Å²) in [5, 5.41) is 2.43. The minimum absolute atomic E-state index is 0.139. The molecule has 2 rings (SSSR count). The number of hydrogen-bond acceptors (Lipinski definition) is 3. The summed E-state index contributed by atoms with van der Waals surface area (Å²) in [5.74, 6) is -0.0508. The number of nitrogens with two attached hydrogens (primary N) is 1. The topological polar surface area (TPSA) is 64.3 Å². The van der Waals surface area contributed by atoms with E-state index < -0.39 is 11.9 Å². The van der Waals surface area contributed by atoms with Crippen molar-refractivity contribution in [2.75, 3.05) is 11.1 Å². The van der Waals surface area contributed by atoms with Crippen molar-refractivity contribution in [3.63, 3.8) is 0 Å². The van der Waals surface area contributed by atoms with Gasteiger partial charge in [0.2, 0.25) is 0 Å². The molecular weight excluding hydrogens is 235 g/mol. The Bertz CT molecular complexity index is 558. The van der Waals surface area contributed by atoms with Gasteiger partial charge in [-0.2, -0.15) is 0 Å². The molecule has 2 aromatic rings. The summed E-state index contributed by atoms with van der Waals surface area (Å²) >= 11 is 0. The number of halogens is 1. The van der Waals surface area contributed by atoms with Gasteiger partial charge in [0.15, 0.2) is 0 Å². The van der Waals surface area contributed by atoms with Gasteiger partial charge in [-0.15, -0.1) is 0 Å². The zero-order chi connectivity index (χ0) is 13.0. The summed E-state index contributed by atoms with van der Waals surface area (Å²) in [6, 6.07) is 12.3. The second kappa shape index (κ2) is 5.18. The average molecular weight is 246 g/mol. The number of carbonyl (C=O) groups excluding carboxylic acids is 1. The molecule has 0 saturated carbocycles. The second-order valence-electron chi connectivity index (χ2n) is 3.56. The van der Waals surface area contributed by atoms with E-state index in [1.807, 2.05) is 6.07 Å². The Kier molecular flexibility index (Phi) is 3.43. The van der Waals surface area contributed by atoms with Crippen molar-refractivity contribution in [3.05, 3.63) is 54.3 Å². The molecule has 0 radical (unpaired) electrons. The number of amides is 1. The third-order valence-corrected chi connectivity index (χ3v) is 2.20. The molecule has 0 spiro atoms. The Labute approximate surface area is 103 Å². The van der Waals surface area contributed by atoms with Crippen molar-refractivity contribution in [1.29, 1.82) is 0 Å². The molecule has 0 bridgehead atoms. The molecule has 0 aliphatic heterocycles. The number of nitrogen functional groups attached to an aromatic ring is 1. The minimum Gasteiger partial charge on any atom is -0.410 e. The van der Waals surface area contributed by atoms with Crippen molar-refractivity contribution >= 4 is 17.5 Å². The highest BCUT2D eigenvalue weighted by Gasteiger charge is 2.07. The van der Waals surface area contributed by atoms with Crippen LogP contribution in [0.5, 0.6) is 5.75 Å². The predicted molar refractivity (Wildman–Crippen MR) is 66.9 cm³/mol. The van der Waals surface area contributed by atoms with Gasteiger partial charge >= 0.3 is 6.09 Å². The molecule has 1 amide bonds. The lowest BCUT2D eigenvalue weighted by Crippen LogP contribution is -2.17. The van der Waals surface area contributed by atoms with Crippen molar-refractivity contribution in [3.8, 4) is 5.75 Å². The lowest BCUT2D eigenvalue weighted by molar-refractivity contribution is 0.215. The smallest absolute Gasteiger partial charge is 0.410 e. The van der Waals surface area contributed by atoms with Crippen LogP contribution in [-0.2, 0) is 0 Å². The molecular formula is C13H11FN2O2. The van der Waals surface area contributed by atoms with Crippen molar-refractivity contribution in [1.82, 2.24) is 0 Å². The summed E-state index contributed by atoms with van der Waals surface area (Å²) < 4.78 is 17.8. The number of anilines is 2. The number of nitrogens with one attached hydrogen (secondary N) is 1. The van der Waals surface area contributed by atoms with Crippen molar-refractivity contribution in [2.45, 2.75) is 0 Å². The van der Waals surface area contributed by atoms with E-state index in [9.17, 15) is 9.18 Å². The fourth-order valence-electron chi connectivity index (χ4n) is 1.38. The van der Waals surface area contributed by atoms with Gasteiger partial charge in [0.05, 0.1) is 11.4 Å². The fourth-order valence-corrected chi connectivity index (χ4v) is 1.38. The number of benzene rings is 2. The molecule has 0 atom stereocenters. The van der Waals surface area contributed by atoms with Gasteiger partial charge in [-0.3, -0.25) is 5.32 Å². The zero-order valence-corrected chi connectivity index (χ0v) is 9.39. The zero-order valence-electron chi connectivity index (χ0n) is 9.39. The van der Waals surface area contributed by atoms with E-state index in [0.29, 0.717) is 11.4 Å². The summed E-state index contributed by atoms with van der Waals surface area (Å²) in [6.45, 7) is 0. The molecule has 3 N–H and O–H groups in total. The van der Waals surface area contributed by atoms with E-state index in [1.54, 1.807) is 24.3 Å². The normalized spacial score (nSPS) is 9.83. The first-order valence-corrected chi connectivity index (χ1v) is 5.24. The third-order valence-electron chi connectivity index (χ3n) is 2.20. The molecule has 4 nitrogen and oxygen atoms in total. The maximum absolute atomic E-state index is 12.8. The number of para-hydroxylation sites is 1. The SMILES string of the molecule is Nc1cc(F)ccc1NC(=O)Oc1ccccc1. The maximum atomic E-state index is 12.8. The maximum Gasteiger partial charge on any atom is 0.417 e. The van der Waals surface area contributed by atoms with E-state index in [2.05, 4.69) is 5.32 Å². The van der Waals surface area contributed by atoms with E-state index in [1.165, 1.54) is 12.1 Å². The number of carbonyl (C=O) groups is 1. The fraction of sp³-hybridized carbons (Fsp3) is 0. The average Bonchev–Trinajstić information content (AvgIpc) is 2.34. The summed E-state index contributed by atoms with van der Waals surface area (Å²) in [6.07, 6.45) is -0.681. The van der Waals surface area contributed by atoms with Gasteiger partial charge in [-0.05, 0) is 30.3 Å². The third kappa shape index (κ3) is 2.98. The van der Waals surface area contributed by atoms with Crippen LogP contribution in [0.15, 0.2) is 48.5 Å². The molecule has 92 valence electrons. The molecule has 0 aliphatic rings. The summed E-state index contributed by atoms with van der Waals surface area (Å²) in [4.78, 5) is 11.5. The highest BCUT2D eigenvalue weighted by molar-refractivity contribution is 5.90. The van der Waals surface area contributed by atoms with Crippen molar-refractivity contribution < 1.29 is 13.9 Å². The van der Waals surface area contributed by atoms with E-state index >= 15 is 0 Å². The quantitative estimate of drug-likeness (QED) is 0.800. The standard InChI is InChI=1S/C13H11FN2O2/c14-9-6-7-12(11(15)8-9)16-13(17)18-10-4-2-1-3-5-10/h1-8H,15H2,(H,16,17). The number of ether oxygens (including phenoxy) is 1. The van der Waals surface area contributed by atoms with Gasteiger partial charge < -0.3 is 10.5 Å². The molecule has 0 fully saturated rings. The van der Waals surface area contributed by atoms with Crippen LogP contribution in [0.2, 0.25) is 0 Å². The Morgan fingerprint density at radius 3 is 2.56 bits per heavy atom. The van der Waals surface area contributed by atoms with Gasteiger partial charge in [-0.1, -0.05) is 18.2 Å². The van der Waals surface area contributed by atoms with Gasteiger partial charge in [0.25, 0.3) is 0 Å². The van der Waals surface area contributed by atoms with Crippen LogP contribution in [0, 0.1) is 5.82 Å².